The average molecular weight is 403 g/mol. The zero-order chi connectivity index (χ0) is 21.0. The second-order valence-electron chi connectivity index (χ2n) is 12.2. The molecule has 1 heterocycles. The molecule has 0 amide bonds. The summed E-state index contributed by atoms with van der Waals surface area (Å²) in [6.07, 6.45) is 6.60. The number of ketones is 1. The highest BCUT2D eigenvalue weighted by Gasteiger charge is 2.69. The Morgan fingerprint density at radius 1 is 1.00 bits per heavy atom. The summed E-state index contributed by atoms with van der Waals surface area (Å²) in [7, 11) is 0. The Morgan fingerprint density at radius 3 is 2.41 bits per heavy atom. The molecule has 4 fully saturated rings. The van der Waals surface area contributed by atoms with Gasteiger partial charge in [0.1, 0.15) is 5.78 Å². The van der Waals surface area contributed by atoms with E-state index < -0.39 is 12.4 Å². The number of aliphatic hydroxyl groups excluding tert-OH is 2. The maximum absolute atomic E-state index is 12.8. The van der Waals surface area contributed by atoms with Gasteiger partial charge in [-0.2, -0.15) is 0 Å². The van der Waals surface area contributed by atoms with Crippen molar-refractivity contribution in [2.45, 2.75) is 85.5 Å². The number of allylic oxidation sites excluding steroid dienone is 1. The quantitative estimate of drug-likeness (QED) is 0.599. The number of carbonyl (C=O) groups is 1. The van der Waals surface area contributed by atoms with Crippen LogP contribution in [0.4, 0.5) is 0 Å². The molecule has 29 heavy (non-hydrogen) atoms. The highest BCUT2D eigenvalue weighted by atomic mass is 16.6. The van der Waals surface area contributed by atoms with Crippen molar-refractivity contribution >= 4 is 5.78 Å². The second-order valence-corrected chi connectivity index (χ2v) is 12.2. The summed E-state index contributed by atoms with van der Waals surface area (Å²) >= 11 is 0. The van der Waals surface area contributed by atoms with Gasteiger partial charge in [-0.15, -0.1) is 0 Å². The Kier molecular flexibility index (Phi) is 4.15. The van der Waals surface area contributed by atoms with E-state index in [-0.39, 0.29) is 27.6 Å². The van der Waals surface area contributed by atoms with Gasteiger partial charge in [0.05, 0.1) is 12.7 Å². The van der Waals surface area contributed by atoms with E-state index in [1.54, 1.807) is 0 Å². The largest absolute Gasteiger partial charge is 0.393 e. The van der Waals surface area contributed by atoms with Crippen LogP contribution < -0.4 is 0 Å². The van der Waals surface area contributed by atoms with Crippen LogP contribution >= 0.6 is 0 Å². The van der Waals surface area contributed by atoms with Gasteiger partial charge in [0, 0.05) is 23.2 Å². The van der Waals surface area contributed by atoms with Crippen molar-refractivity contribution in [3.05, 3.63) is 11.6 Å². The normalized spacial score (nSPS) is 56.0. The van der Waals surface area contributed by atoms with Gasteiger partial charge < -0.3 is 14.9 Å². The van der Waals surface area contributed by atoms with Gasteiger partial charge in [-0.1, -0.05) is 40.7 Å². The van der Waals surface area contributed by atoms with E-state index in [4.69, 9.17) is 4.74 Å². The fourth-order valence-electron chi connectivity index (χ4n) is 9.42. The Bertz CT molecular complexity index is 771. The molecule has 2 N–H and O–H groups in total. The summed E-state index contributed by atoms with van der Waals surface area (Å²) in [6.45, 7) is 11.9. The summed E-state index contributed by atoms with van der Waals surface area (Å²) in [5, 5.41) is 22.3. The van der Waals surface area contributed by atoms with E-state index in [2.05, 4.69) is 40.7 Å². The van der Waals surface area contributed by atoms with Gasteiger partial charge in [0.2, 0.25) is 0 Å². The van der Waals surface area contributed by atoms with Crippen molar-refractivity contribution in [1.29, 1.82) is 0 Å². The van der Waals surface area contributed by atoms with E-state index in [0.29, 0.717) is 36.6 Å². The molecule has 0 unspecified atom stereocenters. The lowest BCUT2D eigenvalue weighted by atomic mass is 9.34. The highest BCUT2D eigenvalue weighted by Crippen LogP contribution is 2.73. The summed E-state index contributed by atoms with van der Waals surface area (Å²) in [6, 6.07) is 0. The molecule has 0 aromatic carbocycles. The predicted octanol–water partition coefficient (Wildman–Crippen LogP) is 4.10. The zero-order valence-corrected chi connectivity index (χ0v) is 18.7. The maximum Gasteiger partial charge on any atom is 0.162 e. The number of fused-ring (bicyclic) bond motifs is 7. The lowest BCUT2D eigenvalue weighted by molar-refractivity contribution is -0.245. The van der Waals surface area contributed by atoms with Crippen LogP contribution in [0.1, 0.15) is 73.1 Å². The molecule has 4 aliphatic carbocycles. The standard InChI is InChI=1S/C25H38O4/c1-22(2)15-8-10-24(4)16-7-6-14-13-29-21(28)20(14)25(16,5)19(27)12-17(24)23(15,3)11-9-18(22)26/h6,15-17,19-21,27-28H,7-13H2,1-5H3/t15-,16-,17+,19+,20-,21+,23-,24-,25+/m0/s1. The van der Waals surface area contributed by atoms with Crippen LogP contribution in [0.15, 0.2) is 11.6 Å². The van der Waals surface area contributed by atoms with E-state index in [1.807, 2.05) is 0 Å². The van der Waals surface area contributed by atoms with E-state index >= 15 is 0 Å². The summed E-state index contributed by atoms with van der Waals surface area (Å²) in [5.41, 5.74) is 0.757. The molecule has 0 aromatic rings. The molecule has 0 radical (unpaired) electrons. The third-order valence-electron chi connectivity index (χ3n) is 11.0. The molecule has 3 saturated carbocycles. The predicted molar refractivity (Wildman–Crippen MR) is 111 cm³/mol. The fraction of sp³-hybridized carbons (Fsp3) is 0.880. The first-order valence-corrected chi connectivity index (χ1v) is 11.7. The Morgan fingerprint density at radius 2 is 1.69 bits per heavy atom. The van der Waals surface area contributed by atoms with E-state index in [9.17, 15) is 15.0 Å². The van der Waals surface area contributed by atoms with Gasteiger partial charge in [-0.05, 0) is 66.3 Å². The third-order valence-corrected chi connectivity index (χ3v) is 11.0. The summed E-state index contributed by atoms with van der Waals surface area (Å²) in [4.78, 5) is 12.8. The van der Waals surface area contributed by atoms with Gasteiger partial charge in [-0.3, -0.25) is 4.79 Å². The van der Waals surface area contributed by atoms with E-state index in [0.717, 1.165) is 32.1 Å². The molecule has 5 rings (SSSR count). The molecule has 162 valence electrons. The first kappa shape index (κ1) is 20.2. The van der Waals surface area contributed by atoms with Crippen molar-refractivity contribution < 1.29 is 19.7 Å². The van der Waals surface area contributed by atoms with Crippen LogP contribution in [-0.2, 0) is 9.53 Å². The number of Topliss-reactive ketones (excluding diaryl/α,β-unsaturated/α-hetero) is 1. The summed E-state index contributed by atoms with van der Waals surface area (Å²) in [5.74, 6) is 1.45. The molecular formula is C25H38O4. The average Bonchev–Trinajstić information content (AvgIpc) is 3.03. The maximum atomic E-state index is 12.8. The van der Waals surface area contributed by atoms with Crippen molar-refractivity contribution in [1.82, 2.24) is 0 Å². The molecule has 0 spiro atoms. The van der Waals surface area contributed by atoms with Crippen molar-refractivity contribution in [2.24, 2.45) is 45.3 Å². The van der Waals surface area contributed by atoms with Gasteiger partial charge >= 0.3 is 0 Å². The van der Waals surface area contributed by atoms with Crippen LogP contribution in [0.2, 0.25) is 0 Å². The third kappa shape index (κ3) is 2.29. The first-order valence-electron chi connectivity index (χ1n) is 11.7. The van der Waals surface area contributed by atoms with Crippen LogP contribution in [-0.4, -0.2) is 35.0 Å². The fourth-order valence-corrected chi connectivity index (χ4v) is 9.42. The van der Waals surface area contributed by atoms with E-state index in [1.165, 1.54) is 5.57 Å². The molecule has 4 heteroatoms. The zero-order valence-electron chi connectivity index (χ0n) is 18.7. The molecule has 0 aromatic heterocycles. The SMILES string of the molecule is CC1(C)C(=O)CC[C@]2(C)[C@H]3C[C@@H](O)[C@]4(C)[C@H]5C(=CC[C@H]4[C@]3(C)CC[C@@H]12)CO[C@H]5O. The molecule has 5 aliphatic rings. The lowest BCUT2D eigenvalue weighted by Gasteiger charge is -2.70. The smallest absolute Gasteiger partial charge is 0.162 e. The van der Waals surface area contributed by atoms with Crippen LogP contribution in [0, 0.1) is 45.3 Å². The van der Waals surface area contributed by atoms with Crippen molar-refractivity contribution in [3.63, 3.8) is 0 Å². The van der Waals surface area contributed by atoms with Crippen LogP contribution in [0.5, 0.6) is 0 Å². The molecule has 9 atom stereocenters. The van der Waals surface area contributed by atoms with Crippen LogP contribution in [0.3, 0.4) is 0 Å². The van der Waals surface area contributed by atoms with Gasteiger partial charge in [0.25, 0.3) is 0 Å². The highest BCUT2D eigenvalue weighted by molar-refractivity contribution is 5.85. The minimum Gasteiger partial charge on any atom is -0.393 e. The first-order chi connectivity index (χ1) is 13.5. The number of ether oxygens (including phenoxy) is 1. The Labute approximate surface area is 175 Å². The topological polar surface area (TPSA) is 66.8 Å². The van der Waals surface area contributed by atoms with Gasteiger partial charge in [-0.25, -0.2) is 0 Å². The van der Waals surface area contributed by atoms with Crippen molar-refractivity contribution in [3.8, 4) is 0 Å². The molecule has 4 nitrogen and oxygen atoms in total. The molecule has 0 bridgehead atoms. The minimum absolute atomic E-state index is 0.0848. The Hall–Kier alpha value is -0.710. The van der Waals surface area contributed by atoms with Gasteiger partial charge in [0.15, 0.2) is 6.29 Å². The molecule has 1 aliphatic heterocycles. The number of hydrogen-bond acceptors (Lipinski definition) is 4. The number of carbonyl (C=O) groups excluding carboxylic acids is 1. The van der Waals surface area contributed by atoms with Crippen LogP contribution in [0.25, 0.3) is 0 Å². The number of aliphatic hydroxyl groups is 2. The molecule has 1 saturated heterocycles. The molecular weight excluding hydrogens is 364 g/mol. The minimum atomic E-state index is -0.804. The summed E-state index contributed by atoms with van der Waals surface area (Å²) < 4.78 is 5.61. The number of hydrogen-bond donors (Lipinski definition) is 2. The lowest BCUT2D eigenvalue weighted by Crippen LogP contribution is -2.67. The van der Waals surface area contributed by atoms with Crippen molar-refractivity contribution in [2.75, 3.05) is 6.61 Å². The number of rotatable bonds is 0. The second kappa shape index (κ2) is 5.95. The Balaban J connectivity index is 1.59. The monoisotopic (exact) mass is 402 g/mol.